The molecule has 1 aromatic rings. The molecule has 0 aromatic heterocycles. The summed E-state index contributed by atoms with van der Waals surface area (Å²) in [5.74, 6) is 0.0774. The van der Waals surface area contributed by atoms with E-state index in [1.807, 2.05) is 12.1 Å². The zero-order valence-corrected chi connectivity index (χ0v) is 11.2. The van der Waals surface area contributed by atoms with Gasteiger partial charge in [-0.3, -0.25) is 4.79 Å². The molecule has 1 amide bonds. The second-order valence-electron chi connectivity index (χ2n) is 5.68. The molecule has 4 nitrogen and oxygen atoms in total. The SMILES string of the molecule is NCC1(C(=O)Nc2cccc(N3CCCC3)c2)CC1. The van der Waals surface area contributed by atoms with Crippen LogP contribution in [0.1, 0.15) is 25.7 Å². The van der Waals surface area contributed by atoms with Crippen molar-refractivity contribution in [2.45, 2.75) is 25.7 Å². The molecule has 2 aliphatic rings. The molecular formula is C15H21N3O. The van der Waals surface area contributed by atoms with E-state index >= 15 is 0 Å². The Balaban J connectivity index is 1.71. The van der Waals surface area contributed by atoms with E-state index in [1.54, 1.807) is 0 Å². The van der Waals surface area contributed by atoms with E-state index in [9.17, 15) is 4.79 Å². The maximum absolute atomic E-state index is 12.2. The summed E-state index contributed by atoms with van der Waals surface area (Å²) in [6.07, 6.45) is 4.35. The van der Waals surface area contributed by atoms with E-state index in [4.69, 9.17) is 5.73 Å². The van der Waals surface area contributed by atoms with Gasteiger partial charge >= 0.3 is 0 Å². The topological polar surface area (TPSA) is 58.4 Å². The molecule has 1 aliphatic carbocycles. The van der Waals surface area contributed by atoms with Crippen LogP contribution in [0.25, 0.3) is 0 Å². The van der Waals surface area contributed by atoms with Gasteiger partial charge in [-0.2, -0.15) is 0 Å². The number of hydrogen-bond donors (Lipinski definition) is 2. The molecule has 1 aromatic carbocycles. The van der Waals surface area contributed by atoms with Crippen LogP contribution in [0.3, 0.4) is 0 Å². The third kappa shape index (κ3) is 2.45. The number of nitrogens with two attached hydrogens (primary N) is 1. The highest BCUT2D eigenvalue weighted by molar-refractivity contribution is 5.97. The van der Waals surface area contributed by atoms with Crippen molar-refractivity contribution < 1.29 is 4.79 Å². The van der Waals surface area contributed by atoms with Crippen molar-refractivity contribution in [1.29, 1.82) is 0 Å². The first-order valence-corrected chi connectivity index (χ1v) is 7.10. The number of nitrogens with zero attached hydrogens (tertiary/aromatic N) is 1. The monoisotopic (exact) mass is 259 g/mol. The van der Waals surface area contributed by atoms with Crippen LogP contribution in [0, 0.1) is 5.41 Å². The van der Waals surface area contributed by atoms with Crippen molar-refractivity contribution in [3.05, 3.63) is 24.3 Å². The van der Waals surface area contributed by atoms with Crippen molar-refractivity contribution >= 4 is 17.3 Å². The van der Waals surface area contributed by atoms with Gasteiger partial charge in [0, 0.05) is 31.0 Å². The van der Waals surface area contributed by atoms with Crippen molar-refractivity contribution in [2.75, 3.05) is 29.9 Å². The highest BCUT2D eigenvalue weighted by Gasteiger charge is 2.48. The molecular weight excluding hydrogens is 238 g/mol. The largest absolute Gasteiger partial charge is 0.371 e. The summed E-state index contributed by atoms with van der Waals surface area (Å²) in [7, 11) is 0. The van der Waals surface area contributed by atoms with E-state index in [2.05, 4.69) is 22.3 Å². The lowest BCUT2D eigenvalue weighted by atomic mass is 10.1. The van der Waals surface area contributed by atoms with Crippen LogP contribution >= 0.6 is 0 Å². The first kappa shape index (κ1) is 12.5. The quantitative estimate of drug-likeness (QED) is 0.869. The number of anilines is 2. The van der Waals surface area contributed by atoms with Crippen LogP contribution in [-0.2, 0) is 4.79 Å². The number of hydrogen-bond acceptors (Lipinski definition) is 3. The second kappa shape index (κ2) is 4.85. The molecule has 1 saturated heterocycles. The molecule has 0 radical (unpaired) electrons. The number of rotatable bonds is 4. The highest BCUT2D eigenvalue weighted by Crippen LogP contribution is 2.45. The van der Waals surface area contributed by atoms with Gasteiger partial charge in [-0.1, -0.05) is 6.07 Å². The van der Waals surface area contributed by atoms with Crippen LogP contribution in [-0.4, -0.2) is 25.5 Å². The van der Waals surface area contributed by atoms with Crippen LogP contribution in [0.2, 0.25) is 0 Å². The van der Waals surface area contributed by atoms with Gasteiger partial charge in [-0.05, 0) is 43.9 Å². The van der Waals surface area contributed by atoms with Gasteiger partial charge in [-0.25, -0.2) is 0 Å². The highest BCUT2D eigenvalue weighted by atomic mass is 16.2. The molecule has 0 atom stereocenters. The van der Waals surface area contributed by atoms with Crippen LogP contribution in [0.5, 0.6) is 0 Å². The number of amides is 1. The minimum Gasteiger partial charge on any atom is -0.371 e. The Bertz CT molecular complexity index is 476. The minimum atomic E-state index is -0.288. The molecule has 0 unspecified atom stereocenters. The Morgan fingerprint density at radius 1 is 1.32 bits per heavy atom. The van der Waals surface area contributed by atoms with Crippen LogP contribution in [0.4, 0.5) is 11.4 Å². The van der Waals surface area contributed by atoms with Gasteiger partial charge < -0.3 is 16.0 Å². The summed E-state index contributed by atoms with van der Waals surface area (Å²) < 4.78 is 0. The predicted octanol–water partition coefficient (Wildman–Crippen LogP) is 1.96. The summed E-state index contributed by atoms with van der Waals surface area (Å²) >= 11 is 0. The molecule has 0 spiro atoms. The Morgan fingerprint density at radius 3 is 2.68 bits per heavy atom. The summed E-state index contributed by atoms with van der Waals surface area (Å²) in [6.45, 7) is 2.68. The van der Waals surface area contributed by atoms with Crippen molar-refractivity contribution in [2.24, 2.45) is 11.1 Å². The molecule has 0 bridgehead atoms. The standard InChI is InChI=1S/C15H21N3O/c16-11-15(6-7-15)14(19)17-12-4-3-5-13(10-12)18-8-1-2-9-18/h3-5,10H,1-2,6-9,11,16H2,(H,17,19). The average Bonchev–Trinajstić information content (AvgIpc) is 3.05. The Morgan fingerprint density at radius 2 is 2.05 bits per heavy atom. The zero-order valence-electron chi connectivity index (χ0n) is 11.2. The van der Waals surface area contributed by atoms with E-state index in [1.165, 1.54) is 18.5 Å². The molecule has 102 valence electrons. The van der Waals surface area contributed by atoms with Gasteiger partial charge in [0.05, 0.1) is 5.41 Å². The summed E-state index contributed by atoms with van der Waals surface area (Å²) in [5.41, 5.74) is 7.48. The van der Waals surface area contributed by atoms with Gasteiger partial charge in [0.2, 0.25) is 5.91 Å². The van der Waals surface area contributed by atoms with E-state index in [-0.39, 0.29) is 11.3 Å². The van der Waals surface area contributed by atoms with Gasteiger partial charge in [0.15, 0.2) is 0 Å². The molecule has 3 N–H and O–H groups in total. The number of benzene rings is 1. The zero-order chi connectivity index (χ0) is 13.3. The fourth-order valence-electron chi connectivity index (χ4n) is 2.69. The van der Waals surface area contributed by atoms with Crippen LogP contribution in [0.15, 0.2) is 24.3 Å². The average molecular weight is 259 g/mol. The van der Waals surface area contributed by atoms with Crippen LogP contribution < -0.4 is 16.0 Å². The Hall–Kier alpha value is -1.55. The van der Waals surface area contributed by atoms with Gasteiger partial charge in [0.1, 0.15) is 0 Å². The lowest BCUT2D eigenvalue weighted by Crippen LogP contribution is -2.30. The molecule has 2 fully saturated rings. The molecule has 4 heteroatoms. The van der Waals surface area contributed by atoms with Crippen molar-refractivity contribution in [1.82, 2.24) is 0 Å². The first-order chi connectivity index (χ1) is 9.23. The molecule has 3 rings (SSSR count). The third-order valence-corrected chi connectivity index (χ3v) is 4.30. The summed E-state index contributed by atoms with van der Waals surface area (Å²) in [6, 6.07) is 8.13. The maximum Gasteiger partial charge on any atom is 0.231 e. The minimum absolute atomic E-state index is 0.0774. The predicted molar refractivity (Wildman–Crippen MR) is 77.2 cm³/mol. The van der Waals surface area contributed by atoms with E-state index in [0.29, 0.717) is 6.54 Å². The third-order valence-electron chi connectivity index (χ3n) is 4.30. The van der Waals surface area contributed by atoms with Gasteiger partial charge in [-0.15, -0.1) is 0 Å². The Labute approximate surface area is 114 Å². The molecule has 19 heavy (non-hydrogen) atoms. The number of carbonyl (C=O) groups excluding carboxylic acids is 1. The fraction of sp³-hybridized carbons (Fsp3) is 0.533. The normalized spacial score (nSPS) is 20.4. The summed E-state index contributed by atoms with van der Waals surface area (Å²) in [5, 5.41) is 3.01. The number of carbonyl (C=O) groups is 1. The molecule has 1 aliphatic heterocycles. The van der Waals surface area contributed by atoms with E-state index < -0.39 is 0 Å². The number of nitrogens with one attached hydrogen (secondary N) is 1. The molecule has 1 heterocycles. The lowest BCUT2D eigenvalue weighted by molar-refractivity contribution is -0.120. The van der Waals surface area contributed by atoms with Crippen molar-refractivity contribution in [3.8, 4) is 0 Å². The lowest BCUT2D eigenvalue weighted by Gasteiger charge is -2.19. The maximum atomic E-state index is 12.2. The first-order valence-electron chi connectivity index (χ1n) is 7.10. The Kier molecular flexibility index (Phi) is 3.19. The van der Waals surface area contributed by atoms with Crippen molar-refractivity contribution in [3.63, 3.8) is 0 Å². The van der Waals surface area contributed by atoms with E-state index in [0.717, 1.165) is 31.6 Å². The van der Waals surface area contributed by atoms with Gasteiger partial charge in [0.25, 0.3) is 0 Å². The smallest absolute Gasteiger partial charge is 0.231 e. The molecule has 1 saturated carbocycles. The fourth-order valence-corrected chi connectivity index (χ4v) is 2.69. The summed E-state index contributed by atoms with van der Waals surface area (Å²) in [4.78, 5) is 14.5. The second-order valence-corrected chi connectivity index (χ2v) is 5.68.